The molecule has 0 bridgehead atoms. The van der Waals surface area contributed by atoms with Crippen molar-refractivity contribution >= 4 is 28.6 Å². The van der Waals surface area contributed by atoms with Crippen molar-refractivity contribution in [1.29, 1.82) is 0 Å². The van der Waals surface area contributed by atoms with Crippen LogP contribution in [0.3, 0.4) is 0 Å². The van der Waals surface area contributed by atoms with Crippen LogP contribution < -0.4 is 0 Å². The summed E-state index contributed by atoms with van der Waals surface area (Å²) in [5, 5.41) is 11.0. The molecule has 3 aromatic carbocycles. The molecule has 4 rings (SSSR count). The number of carboxylic acids is 1. The number of nitrogens with zero attached hydrogens (tertiary/aromatic N) is 1. The van der Waals surface area contributed by atoms with Gasteiger partial charge in [-0.05, 0) is 80.6 Å². The van der Waals surface area contributed by atoms with E-state index in [0.717, 1.165) is 32.5 Å². The lowest BCUT2D eigenvalue weighted by molar-refractivity contribution is -0.146. The topological polar surface area (TPSA) is 42.2 Å². The molecule has 0 aliphatic carbocycles. The molecule has 1 aromatic heterocycles. The van der Waals surface area contributed by atoms with Crippen LogP contribution in [0.4, 0.5) is 8.78 Å². The molecular formula is C31H33F2NO2S. The third-order valence-electron chi connectivity index (χ3n) is 7.04. The third-order valence-corrected chi connectivity index (χ3v) is 8.19. The largest absolute Gasteiger partial charge is 0.481 e. The first kappa shape index (κ1) is 26.9. The molecule has 0 spiro atoms. The maximum absolute atomic E-state index is 14.8. The van der Waals surface area contributed by atoms with Crippen LogP contribution in [0.25, 0.3) is 10.9 Å². The van der Waals surface area contributed by atoms with Crippen LogP contribution >= 0.6 is 11.8 Å². The molecule has 0 aliphatic rings. The SMILES string of the molecule is Cc1ccc(Sc2c(CC(C)(C)C(=O)O)n(Cc3ccc(F)cc3F)c3ccc(C(C)C)cc23)cc1C. The van der Waals surface area contributed by atoms with E-state index in [9.17, 15) is 18.7 Å². The number of benzene rings is 3. The maximum Gasteiger partial charge on any atom is 0.309 e. The first-order valence-electron chi connectivity index (χ1n) is 12.4. The number of carbonyl (C=O) groups is 1. The van der Waals surface area contributed by atoms with Gasteiger partial charge in [-0.3, -0.25) is 4.79 Å². The molecule has 4 aromatic rings. The number of hydrogen-bond acceptors (Lipinski definition) is 2. The Hall–Kier alpha value is -3.12. The van der Waals surface area contributed by atoms with Gasteiger partial charge in [0.05, 0.1) is 12.0 Å². The van der Waals surface area contributed by atoms with Gasteiger partial charge >= 0.3 is 5.97 Å². The van der Waals surface area contributed by atoms with Crippen molar-refractivity contribution in [2.75, 3.05) is 0 Å². The van der Waals surface area contributed by atoms with Gasteiger partial charge in [0.25, 0.3) is 0 Å². The Morgan fingerprint density at radius 2 is 1.73 bits per heavy atom. The van der Waals surface area contributed by atoms with Crippen molar-refractivity contribution in [3.05, 3.63) is 94.2 Å². The molecule has 0 amide bonds. The molecule has 0 aliphatic heterocycles. The molecule has 3 nitrogen and oxygen atoms in total. The smallest absolute Gasteiger partial charge is 0.309 e. The van der Waals surface area contributed by atoms with Crippen molar-refractivity contribution in [1.82, 2.24) is 4.57 Å². The van der Waals surface area contributed by atoms with E-state index in [0.29, 0.717) is 11.5 Å². The lowest BCUT2D eigenvalue weighted by atomic mass is 9.88. The van der Waals surface area contributed by atoms with E-state index in [4.69, 9.17) is 0 Å². The van der Waals surface area contributed by atoms with Gasteiger partial charge in [0.1, 0.15) is 11.6 Å². The fraction of sp³-hybridized carbons (Fsp3) is 0.323. The van der Waals surface area contributed by atoms with E-state index < -0.39 is 23.0 Å². The fourth-order valence-corrected chi connectivity index (χ4v) is 5.61. The molecule has 0 saturated carbocycles. The molecular weight excluding hydrogens is 488 g/mol. The predicted octanol–water partition coefficient (Wildman–Crippen LogP) is 8.51. The summed E-state index contributed by atoms with van der Waals surface area (Å²) in [6.45, 7) is 12.0. The van der Waals surface area contributed by atoms with Crippen molar-refractivity contribution in [2.24, 2.45) is 5.41 Å². The Morgan fingerprint density at radius 1 is 1.00 bits per heavy atom. The maximum atomic E-state index is 14.8. The van der Waals surface area contributed by atoms with Gasteiger partial charge in [-0.1, -0.05) is 43.8 Å². The summed E-state index contributed by atoms with van der Waals surface area (Å²) in [5.74, 6) is -1.84. The van der Waals surface area contributed by atoms with Crippen LogP contribution in [-0.4, -0.2) is 15.6 Å². The van der Waals surface area contributed by atoms with Crippen molar-refractivity contribution in [3.63, 3.8) is 0 Å². The highest BCUT2D eigenvalue weighted by Crippen LogP contribution is 2.43. The monoisotopic (exact) mass is 521 g/mol. The van der Waals surface area contributed by atoms with Crippen LogP contribution in [0.15, 0.2) is 64.4 Å². The average Bonchev–Trinajstić information content (AvgIpc) is 3.09. The van der Waals surface area contributed by atoms with E-state index in [2.05, 4.69) is 58.0 Å². The normalized spacial score (nSPS) is 12.0. The summed E-state index contributed by atoms with van der Waals surface area (Å²) in [4.78, 5) is 14.2. The Morgan fingerprint density at radius 3 is 2.35 bits per heavy atom. The highest BCUT2D eigenvalue weighted by atomic mass is 32.2. The summed E-state index contributed by atoms with van der Waals surface area (Å²) in [5.41, 5.74) is 4.58. The fourth-order valence-electron chi connectivity index (χ4n) is 4.43. The first-order valence-corrected chi connectivity index (χ1v) is 13.3. The number of aliphatic carboxylic acids is 1. The second-order valence-corrected chi connectivity index (χ2v) is 11.8. The molecule has 0 saturated heterocycles. The number of aryl methyl sites for hydroxylation is 2. The number of fused-ring (bicyclic) bond motifs is 1. The highest BCUT2D eigenvalue weighted by Gasteiger charge is 2.32. The van der Waals surface area contributed by atoms with Crippen LogP contribution in [0.1, 0.15) is 61.6 Å². The molecule has 1 heterocycles. The van der Waals surface area contributed by atoms with Crippen LogP contribution in [0.2, 0.25) is 0 Å². The van der Waals surface area contributed by atoms with Gasteiger partial charge in [0, 0.05) is 44.4 Å². The number of aromatic nitrogens is 1. The van der Waals surface area contributed by atoms with Crippen molar-refractivity contribution < 1.29 is 18.7 Å². The van der Waals surface area contributed by atoms with E-state index in [1.54, 1.807) is 25.6 Å². The zero-order valence-electron chi connectivity index (χ0n) is 22.2. The molecule has 37 heavy (non-hydrogen) atoms. The third kappa shape index (κ3) is 5.59. The lowest BCUT2D eigenvalue weighted by Gasteiger charge is -2.22. The van der Waals surface area contributed by atoms with Crippen molar-refractivity contribution in [2.45, 2.75) is 70.2 Å². The molecule has 0 radical (unpaired) electrons. The summed E-state index contributed by atoms with van der Waals surface area (Å²) < 4.78 is 30.4. The standard InChI is InChI=1S/C31H33F2NO2S/c1-18(2)21-9-12-27-25(14-21)29(37-24-11-7-19(3)20(4)13-24)28(16-31(5,6)30(35)36)34(27)17-22-8-10-23(32)15-26(22)33/h7-15,18H,16-17H2,1-6H3,(H,35,36). The lowest BCUT2D eigenvalue weighted by Crippen LogP contribution is -2.27. The minimum absolute atomic E-state index is 0.169. The van der Waals surface area contributed by atoms with E-state index in [1.807, 2.05) is 10.6 Å². The van der Waals surface area contributed by atoms with Gasteiger partial charge in [-0.2, -0.15) is 0 Å². The summed E-state index contributed by atoms with van der Waals surface area (Å²) in [6, 6.07) is 16.2. The van der Waals surface area contributed by atoms with Crippen LogP contribution in [-0.2, 0) is 17.8 Å². The minimum atomic E-state index is -1.05. The van der Waals surface area contributed by atoms with E-state index >= 15 is 0 Å². The summed E-state index contributed by atoms with van der Waals surface area (Å²) in [6.07, 6.45) is 0.254. The quantitative estimate of drug-likeness (QED) is 0.253. The van der Waals surface area contributed by atoms with Crippen LogP contribution in [0.5, 0.6) is 0 Å². The second-order valence-electron chi connectivity index (χ2n) is 10.7. The number of carboxylic acid groups (broad SMARTS) is 1. The highest BCUT2D eigenvalue weighted by molar-refractivity contribution is 7.99. The Kier molecular flexibility index (Phi) is 7.52. The molecule has 194 valence electrons. The zero-order chi connectivity index (χ0) is 27.1. The minimum Gasteiger partial charge on any atom is -0.481 e. The number of halogens is 2. The van der Waals surface area contributed by atoms with Gasteiger partial charge in [-0.15, -0.1) is 0 Å². The van der Waals surface area contributed by atoms with Gasteiger partial charge in [0.15, 0.2) is 0 Å². The second kappa shape index (κ2) is 10.3. The van der Waals surface area contributed by atoms with Gasteiger partial charge in [-0.25, -0.2) is 8.78 Å². The zero-order valence-corrected chi connectivity index (χ0v) is 23.0. The van der Waals surface area contributed by atoms with E-state index in [-0.39, 0.29) is 13.0 Å². The number of hydrogen-bond donors (Lipinski definition) is 1. The summed E-state index contributed by atoms with van der Waals surface area (Å²) in [7, 11) is 0. The molecule has 0 fully saturated rings. The summed E-state index contributed by atoms with van der Waals surface area (Å²) >= 11 is 1.61. The molecule has 0 atom stereocenters. The number of rotatable bonds is 8. The van der Waals surface area contributed by atoms with Gasteiger partial charge < -0.3 is 9.67 Å². The Balaban J connectivity index is 1.99. The first-order chi connectivity index (χ1) is 17.4. The predicted molar refractivity (Wildman–Crippen MR) is 147 cm³/mol. The van der Waals surface area contributed by atoms with E-state index in [1.165, 1.54) is 28.8 Å². The Bertz CT molecular complexity index is 1490. The van der Waals surface area contributed by atoms with Crippen molar-refractivity contribution in [3.8, 4) is 0 Å². The average molecular weight is 522 g/mol. The van der Waals surface area contributed by atoms with Crippen LogP contribution in [0, 0.1) is 30.9 Å². The molecule has 0 unspecified atom stereocenters. The van der Waals surface area contributed by atoms with Gasteiger partial charge in [0.2, 0.25) is 0 Å². The molecule has 1 N–H and O–H groups in total. The molecule has 6 heteroatoms. The Labute approximate surface area is 221 Å².